The van der Waals surface area contributed by atoms with Crippen molar-refractivity contribution in [2.45, 2.75) is 32.0 Å². The van der Waals surface area contributed by atoms with E-state index in [0.717, 1.165) is 11.1 Å². The van der Waals surface area contributed by atoms with Crippen molar-refractivity contribution < 1.29 is 19.4 Å². The van der Waals surface area contributed by atoms with Crippen molar-refractivity contribution >= 4 is 11.9 Å². The lowest BCUT2D eigenvalue weighted by Crippen LogP contribution is -2.39. The molecule has 1 N–H and O–H groups in total. The first-order chi connectivity index (χ1) is 11.4. The highest BCUT2D eigenvalue weighted by Gasteiger charge is 2.40. The van der Waals surface area contributed by atoms with E-state index in [4.69, 9.17) is 9.47 Å². The van der Waals surface area contributed by atoms with Crippen LogP contribution in [0.15, 0.2) is 48.2 Å². The van der Waals surface area contributed by atoms with Gasteiger partial charge in [0.2, 0.25) is 5.78 Å². The van der Waals surface area contributed by atoms with Gasteiger partial charge in [-0.3, -0.25) is 4.79 Å². The number of ether oxygens (including phenoxy) is 2. The summed E-state index contributed by atoms with van der Waals surface area (Å²) in [5, 5.41) is 10.2. The zero-order valence-corrected chi connectivity index (χ0v) is 13.6. The maximum Gasteiger partial charge on any atom is 0.231 e. The number of ketones is 1. The van der Waals surface area contributed by atoms with Crippen LogP contribution in [-0.2, 0) is 6.42 Å². The van der Waals surface area contributed by atoms with Gasteiger partial charge in [0.05, 0.1) is 11.2 Å². The van der Waals surface area contributed by atoms with Crippen molar-refractivity contribution in [2.75, 3.05) is 0 Å². The third kappa shape index (κ3) is 2.39. The molecular formula is C20H18O4. The summed E-state index contributed by atoms with van der Waals surface area (Å²) in [6, 6.07) is 13.1. The number of rotatable bonds is 2. The molecule has 0 amide bonds. The maximum absolute atomic E-state index is 12.6. The van der Waals surface area contributed by atoms with E-state index in [9.17, 15) is 9.90 Å². The second-order valence-electron chi connectivity index (χ2n) is 6.73. The Hall–Kier alpha value is -2.59. The number of hydrogen-bond acceptors (Lipinski definition) is 4. The van der Waals surface area contributed by atoms with E-state index >= 15 is 0 Å². The number of carbonyl (C=O) groups is 1. The lowest BCUT2D eigenvalue weighted by molar-refractivity contribution is -0.0229. The van der Waals surface area contributed by atoms with Crippen LogP contribution in [0, 0.1) is 0 Å². The van der Waals surface area contributed by atoms with Crippen LogP contribution in [0.2, 0.25) is 0 Å². The third-order valence-corrected chi connectivity index (χ3v) is 4.44. The topological polar surface area (TPSA) is 55.8 Å². The number of aliphatic hydroxyl groups is 1. The normalized spacial score (nSPS) is 20.5. The molecular weight excluding hydrogens is 304 g/mol. The molecule has 0 aliphatic carbocycles. The van der Waals surface area contributed by atoms with Crippen LogP contribution in [0.25, 0.3) is 6.08 Å². The first-order valence-electron chi connectivity index (χ1n) is 7.97. The molecule has 1 atom stereocenters. The minimum absolute atomic E-state index is 0.122. The molecule has 0 fully saturated rings. The monoisotopic (exact) mass is 322 g/mol. The van der Waals surface area contributed by atoms with Gasteiger partial charge < -0.3 is 14.6 Å². The second-order valence-corrected chi connectivity index (χ2v) is 6.73. The zero-order valence-electron chi connectivity index (χ0n) is 13.6. The van der Waals surface area contributed by atoms with Crippen molar-refractivity contribution in [1.29, 1.82) is 0 Å². The summed E-state index contributed by atoms with van der Waals surface area (Å²) in [6.07, 6.45) is 1.92. The van der Waals surface area contributed by atoms with Gasteiger partial charge >= 0.3 is 0 Å². The smallest absolute Gasteiger partial charge is 0.231 e. The Morgan fingerprint density at radius 1 is 1.17 bits per heavy atom. The Morgan fingerprint density at radius 2 is 1.92 bits per heavy atom. The third-order valence-electron chi connectivity index (χ3n) is 4.44. The molecule has 24 heavy (non-hydrogen) atoms. The quantitative estimate of drug-likeness (QED) is 0.861. The van der Waals surface area contributed by atoms with Crippen LogP contribution < -0.4 is 9.47 Å². The molecule has 0 spiro atoms. The molecule has 4 heteroatoms. The number of Topliss-reactive ketones (excluding diaryl/α,β-unsaturated/α-hetero) is 1. The second kappa shape index (κ2) is 5.21. The van der Waals surface area contributed by atoms with Gasteiger partial charge in [0.15, 0.2) is 5.76 Å². The molecule has 2 aliphatic heterocycles. The molecule has 4 rings (SSSR count). The van der Waals surface area contributed by atoms with E-state index in [1.807, 2.05) is 30.3 Å². The highest BCUT2D eigenvalue weighted by molar-refractivity contribution is 6.15. The molecule has 2 aromatic carbocycles. The van der Waals surface area contributed by atoms with Gasteiger partial charge in [-0.2, -0.15) is 0 Å². The van der Waals surface area contributed by atoms with Gasteiger partial charge in [0.25, 0.3) is 0 Å². The van der Waals surface area contributed by atoms with Gasteiger partial charge in [-0.1, -0.05) is 30.3 Å². The molecule has 4 nitrogen and oxygen atoms in total. The van der Waals surface area contributed by atoms with Crippen molar-refractivity contribution in [3.8, 4) is 11.5 Å². The summed E-state index contributed by atoms with van der Waals surface area (Å²) in [7, 11) is 0. The van der Waals surface area contributed by atoms with E-state index < -0.39 is 5.60 Å². The predicted molar refractivity (Wildman–Crippen MR) is 90.2 cm³/mol. The number of fused-ring (bicyclic) bond motifs is 3. The van der Waals surface area contributed by atoms with Gasteiger partial charge in [-0.05, 0) is 37.6 Å². The maximum atomic E-state index is 12.6. The Morgan fingerprint density at radius 3 is 2.62 bits per heavy atom. The highest BCUT2D eigenvalue weighted by Crippen LogP contribution is 2.45. The molecule has 0 radical (unpaired) electrons. The average molecular weight is 322 g/mol. The molecule has 2 aromatic rings. The Bertz CT molecular complexity index is 844. The molecule has 0 saturated carbocycles. The zero-order chi connectivity index (χ0) is 16.9. The van der Waals surface area contributed by atoms with E-state index in [-0.39, 0.29) is 11.9 Å². The number of allylic oxidation sites excluding steroid dienone is 1. The summed E-state index contributed by atoms with van der Waals surface area (Å²) in [6.45, 7) is 3.44. The number of hydrogen-bond donors (Lipinski definition) is 1. The fourth-order valence-electron chi connectivity index (χ4n) is 3.07. The fourth-order valence-corrected chi connectivity index (χ4v) is 3.07. The van der Waals surface area contributed by atoms with Crippen LogP contribution in [0.1, 0.15) is 35.3 Å². The van der Waals surface area contributed by atoms with Crippen molar-refractivity contribution in [1.82, 2.24) is 0 Å². The lowest BCUT2D eigenvalue weighted by atomic mass is 9.96. The molecule has 2 aliphatic rings. The summed E-state index contributed by atoms with van der Waals surface area (Å²) in [5.74, 6) is 1.43. The van der Waals surface area contributed by atoms with Gasteiger partial charge in [-0.15, -0.1) is 0 Å². The van der Waals surface area contributed by atoms with Gasteiger partial charge in [0, 0.05) is 12.0 Å². The minimum Gasteiger partial charge on any atom is -0.487 e. The number of carbonyl (C=O) groups excluding carboxylic acids is 1. The molecule has 0 saturated heterocycles. The standard InChI is InChI=1S/C20H18O4/c1-20(2,22)17-11-14-15(23-17)9-8-13-18(21)16(24-19(13)14)10-12-6-4-3-5-7-12/h3-10,17,22H,11H2,1-2H3/b16-10-/t17-/m1/s1. The molecule has 0 aromatic heterocycles. The summed E-state index contributed by atoms with van der Waals surface area (Å²) in [4.78, 5) is 12.6. The van der Waals surface area contributed by atoms with Crippen LogP contribution in [0.3, 0.4) is 0 Å². The van der Waals surface area contributed by atoms with E-state index in [1.54, 1.807) is 32.1 Å². The van der Waals surface area contributed by atoms with Gasteiger partial charge in [-0.25, -0.2) is 0 Å². The van der Waals surface area contributed by atoms with Gasteiger partial charge in [0.1, 0.15) is 17.6 Å². The summed E-state index contributed by atoms with van der Waals surface area (Å²) in [5.41, 5.74) is 1.35. The SMILES string of the molecule is CC(C)(O)[C@H]1Cc2c(ccc3c2O/C(=C\c2ccccc2)C3=O)O1. The molecule has 0 unspecified atom stereocenters. The van der Waals surface area contributed by atoms with Crippen molar-refractivity contribution in [3.63, 3.8) is 0 Å². The summed E-state index contributed by atoms with van der Waals surface area (Å²) >= 11 is 0. The van der Waals surface area contributed by atoms with Crippen LogP contribution in [0.4, 0.5) is 0 Å². The largest absolute Gasteiger partial charge is 0.487 e. The van der Waals surface area contributed by atoms with Crippen LogP contribution in [0.5, 0.6) is 11.5 Å². The van der Waals surface area contributed by atoms with Crippen molar-refractivity contribution in [2.24, 2.45) is 0 Å². The van der Waals surface area contributed by atoms with Crippen LogP contribution >= 0.6 is 0 Å². The van der Waals surface area contributed by atoms with Crippen molar-refractivity contribution in [3.05, 3.63) is 64.9 Å². The van der Waals surface area contributed by atoms with E-state index in [0.29, 0.717) is 29.2 Å². The van der Waals surface area contributed by atoms with E-state index in [2.05, 4.69) is 0 Å². The summed E-state index contributed by atoms with van der Waals surface area (Å²) < 4.78 is 11.7. The Labute approximate surface area is 140 Å². The Kier molecular flexibility index (Phi) is 3.25. The lowest BCUT2D eigenvalue weighted by Gasteiger charge is -2.24. The van der Waals surface area contributed by atoms with E-state index in [1.165, 1.54) is 0 Å². The number of benzene rings is 2. The fraction of sp³-hybridized carbons (Fsp3) is 0.250. The first kappa shape index (κ1) is 15.0. The van der Waals surface area contributed by atoms with Crippen LogP contribution in [-0.4, -0.2) is 22.6 Å². The molecule has 122 valence electrons. The minimum atomic E-state index is -0.961. The predicted octanol–water partition coefficient (Wildman–Crippen LogP) is 3.38. The Balaban J connectivity index is 1.70. The molecule has 0 bridgehead atoms. The first-order valence-corrected chi connectivity index (χ1v) is 7.97. The molecule has 2 heterocycles. The highest BCUT2D eigenvalue weighted by atomic mass is 16.5. The average Bonchev–Trinajstić information content (AvgIpc) is 3.11.